The van der Waals surface area contributed by atoms with E-state index in [1.54, 1.807) is 6.07 Å². The van der Waals surface area contributed by atoms with E-state index < -0.39 is 45.9 Å². The van der Waals surface area contributed by atoms with Crippen molar-refractivity contribution in [3.8, 4) is 0 Å². The molecule has 3 aromatic rings. The summed E-state index contributed by atoms with van der Waals surface area (Å²) in [4.78, 5) is 24.7. The highest BCUT2D eigenvalue weighted by Gasteiger charge is 2.34. The molecular formula is C26H24ClF3N2O5S. The lowest BCUT2D eigenvalue weighted by atomic mass is 10.2. The zero-order valence-electron chi connectivity index (χ0n) is 20.2. The van der Waals surface area contributed by atoms with Gasteiger partial charge in [0, 0.05) is 5.69 Å². The van der Waals surface area contributed by atoms with E-state index in [1.807, 2.05) is 6.92 Å². The van der Waals surface area contributed by atoms with Gasteiger partial charge in [-0.25, -0.2) is 13.2 Å². The minimum atomic E-state index is -4.77. The van der Waals surface area contributed by atoms with Crippen LogP contribution in [0.4, 0.5) is 24.5 Å². The topological polar surface area (TPSA) is 92.8 Å². The van der Waals surface area contributed by atoms with Crippen molar-refractivity contribution in [2.75, 3.05) is 22.8 Å². The Kier molecular flexibility index (Phi) is 9.40. The molecule has 38 heavy (non-hydrogen) atoms. The van der Waals surface area contributed by atoms with Crippen LogP contribution in [0, 0.1) is 0 Å². The summed E-state index contributed by atoms with van der Waals surface area (Å²) in [6.07, 6.45) is -3.19. The molecule has 0 aliphatic carbocycles. The molecule has 0 aromatic heterocycles. The van der Waals surface area contributed by atoms with Gasteiger partial charge < -0.3 is 10.1 Å². The van der Waals surface area contributed by atoms with Gasteiger partial charge >= 0.3 is 12.1 Å². The largest absolute Gasteiger partial charge is 0.462 e. The Morgan fingerprint density at radius 3 is 2.26 bits per heavy atom. The zero-order chi connectivity index (χ0) is 27.9. The minimum Gasteiger partial charge on any atom is -0.462 e. The number of ether oxygens (including phenoxy) is 1. The van der Waals surface area contributed by atoms with E-state index in [-0.39, 0.29) is 27.8 Å². The van der Waals surface area contributed by atoms with Gasteiger partial charge in [0.1, 0.15) is 6.54 Å². The normalized spacial score (nSPS) is 11.6. The molecule has 1 N–H and O–H groups in total. The van der Waals surface area contributed by atoms with Gasteiger partial charge in [-0.05, 0) is 61.0 Å². The molecule has 7 nitrogen and oxygen atoms in total. The number of alkyl halides is 3. The van der Waals surface area contributed by atoms with Crippen molar-refractivity contribution in [2.24, 2.45) is 0 Å². The molecule has 0 unspecified atom stereocenters. The standard InChI is InChI=1S/C26H24ClF3N2O5S/c1-2-3-15-37-25(34)18-9-12-20(13-10-18)31-24(33)17-32(38(35,36)21-7-5-4-6-8-21)23-16-19(26(28,29)30)11-14-22(23)27/h4-14,16H,2-3,15,17H2,1H3,(H,31,33). The number of carbonyl (C=O) groups excluding carboxylic acids is 2. The van der Waals surface area contributed by atoms with E-state index >= 15 is 0 Å². The molecule has 0 saturated heterocycles. The lowest BCUT2D eigenvalue weighted by Gasteiger charge is -2.26. The third-order valence-electron chi connectivity index (χ3n) is 5.30. The van der Waals surface area contributed by atoms with Crippen LogP contribution in [0.25, 0.3) is 0 Å². The maximum atomic E-state index is 13.4. The smallest absolute Gasteiger partial charge is 0.416 e. The Labute approximate surface area is 223 Å². The zero-order valence-corrected chi connectivity index (χ0v) is 21.7. The van der Waals surface area contributed by atoms with Crippen LogP contribution in [0.5, 0.6) is 0 Å². The first-order chi connectivity index (χ1) is 17.9. The number of esters is 1. The molecule has 0 radical (unpaired) electrons. The highest BCUT2D eigenvalue weighted by Crippen LogP contribution is 2.37. The van der Waals surface area contributed by atoms with E-state index in [4.69, 9.17) is 16.3 Å². The molecule has 0 heterocycles. The Morgan fingerprint density at radius 2 is 1.66 bits per heavy atom. The molecule has 0 aliphatic heterocycles. The number of halogens is 4. The van der Waals surface area contributed by atoms with Crippen LogP contribution in [0.1, 0.15) is 35.7 Å². The predicted molar refractivity (Wildman–Crippen MR) is 138 cm³/mol. The fourth-order valence-electron chi connectivity index (χ4n) is 3.31. The van der Waals surface area contributed by atoms with Gasteiger partial charge in [-0.15, -0.1) is 0 Å². The fourth-order valence-corrected chi connectivity index (χ4v) is 5.04. The number of hydrogen-bond acceptors (Lipinski definition) is 5. The van der Waals surface area contributed by atoms with Crippen LogP contribution < -0.4 is 9.62 Å². The molecule has 3 aromatic carbocycles. The predicted octanol–water partition coefficient (Wildman–Crippen LogP) is 6.15. The molecule has 202 valence electrons. The molecule has 0 spiro atoms. The Bertz CT molecular complexity index is 1380. The molecular weight excluding hydrogens is 545 g/mol. The highest BCUT2D eigenvalue weighted by atomic mass is 35.5. The lowest BCUT2D eigenvalue weighted by molar-refractivity contribution is -0.137. The number of hydrogen-bond donors (Lipinski definition) is 1. The van der Waals surface area contributed by atoms with Crippen molar-refractivity contribution in [3.63, 3.8) is 0 Å². The number of benzene rings is 3. The maximum absolute atomic E-state index is 13.4. The van der Waals surface area contributed by atoms with Crippen LogP contribution >= 0.6 is 11.6 Å². The molecule has 0 bridgehead atoms. The van der Waals surface area contributed by atoms with E-state index in [0.29, 0.717) is 16.4 Å². The second-order valence-corrected chi connectivity index (χ2v) is 10.4. The van der Waals surface area contributed by atoms with Crippen molar-refractivity contribution in [2.45, 2.75) is 30.8 Å². The van der Waals surface area contributed by atoms with Crippen LogP contribution in [-0.2, 0) is 25.7 Å². The van der Waals surface area contributed by atoms with Crippen LogP contribution in [-0.4, -0.2) is 33.4 Å². The summed E-state index contributed by atoms with van der Waals surface area (Å²) >= 11 is 6.12. The first-order valence-electron chi connectivity index (χ1n) is 11.4. The van der Waals surface area contributed by atoms with Crippen LogP contribution in [0.2, 0.25) is 5.02 Å². The third-order valence-corrected chi connectivity index (χ3v) is 7.39. The molecule has 0 atom stereocenters. The molecule has 0 aliphatic rings. The van der Waals surface area contributed by atoms with Crippen molar-refractivity contribution in [1.29, 1.82) is 0 Å². The van der Waals surface area contributed by atoms with E-state index in [1.165, 1.54) is 48.5 Å². The Hall–Kier alpha value is -3.57. The monoisotopic (exact) mass is 568 g/mol. The van der Waals surface area contributed by atoms with Crippen molar-refractivity contribution in [3.05, 3.63) is 88.9 Å². The average molecular weight is 569 g/mol. The van der Waals surface area contributed by atoms with Crippen molar-refractivity contribution in [1.82, 2.24) is 0 Å². The first-order valence-corrected chi connectivity index (χ1v) is 13.3. The van der Waals surface area contributed by atoms with Crippen LogP contribution in [0.15, 0.2) is 77.7 Å². The number of nitrogens with one attached hydrogen (secondary N) is 1. The summed E-state index contributed by atoms with van der Waals surface area (Å²) in [5.74, 6) is -1.38. The number of rotatable bonds is 10. The van der Waals surface area contributed by atoms with Crippen molar-refractivity contribution >= 4 is 44.9 Å². The molecule has 0 fully saturated rings. The summed E-state index contributed by atoms with van der Waals surface area (Å²) in [6.45, 7) is 1.36. The molecule has 1 amide bonds. The third kappa shape index (κ3) is 7.26. The number of amides is 1. The SMILES string of the molecule is CCCCOC(=O)c1ccc(NC(=O)CN(c2cc(C(F)(F)F)ccc2Cl)S(=O)(=O)c2ccccc2)cc1. The number of anilines is 2. The summed E-state index contributed by atoms with van der Waals surface area (Å²) in [5, 5.41) is 2.19. The van der Waals surface area contributed by atoms with Gasteiger partial charge in [-0.3, -0.25) is 9.10 Å². The first kappa shape index (κ1) is 29.0. The van der Waals surface area contributed by atoms with Crippen LogP contribution in [0.3, 0.4) is 0 Å². The second-order valence-electron chi connectivity index (χ2n) is 8.10. The van der Waals surface area contributed by atoms with Gasteiger partial charge in [-0.2, -0.15) is 13.2 Å². The summed E-state index contributed by atoms with van der Waals surface area (Å²) in [5.41, 5.74) is -1.16. The van der Waals surface area contributed by atoms with E-state index in [2.05, 4.69) is 5.32 Å². The van der Waals surface area contributed by atoms with Gasteiger partial charge in [0.05, 0.1) is 33.3 Å². The van der Waals surface area contributed by atoms with Gasteiger partial charge in [-0.1, -0.05) is 43.1 Å². The average Bonchev–Trinajstić information content (AvgIpc) is 2.88. The number of sulfonamides is 1. The summed E-state index contributed by atoms with van der Waals surface area (Å²) in [6, 6.07) is 14.8. The Morgan fingerprint density at radius 1 is 1.00 bits per heavy atom. The highest BCUT2D eigenvalue weighted by molar-refractivity contribution is 7.92. The van der Waals surface area contributed by atoms with Gasteiger partial charge in [0.25, 0.3) is 10.0 Å². The van der Waals surface area contributed by atoms with Crippen molar-refractivity contribution < 1.29 is 35.9 Å². The van der Waals surface area contributed by atoms with E-state index in [0.717, 1.165) is 18.9 Å². The minimum absolute atomic E-state index is 0.229. The summed E-state index contributed by atoms with van der Waals surface area (Å²) < 4.78 is 72.6. The van der Waals surface area contributed by atoms with Gasteiger partial charge in [0.15, 0.2) is 0 Å². The molecule has 3 rings (SSSR count). The second kappa shape index (κ2) is 12.3. The number of carbonyl (C=O) groups is 2. The summed E-state index contributed by atoms with van der Waals surface area (Å²) in [7, 11) is -4.50. The molecule has 0 saturated carbocycles. The fraction of sp³-hybridized carbons (Fsp3) is 0.231. The molecule has 12 heteroatoms. The Balaban J connectivity index is 1.88. The van der Waals surface area contributed by atoms with Gasteiger partial charge in [0.2, 0.25) is 5.91 Å². The van der Waals surface area contributed by atoms with E-state index in [9.17, 15) is 31.2 Å². The number of nitrogens with zero attached hydrogens (tertiary/aromatic N) is 1. The number of unbranched alkanes of at least 4 members (excludes halogenated alkanes) is 1. The quantitative estimate of drug-likeness (QED) is 0.234. The lowest BCUT2D eigenvalue weighted by Crippen LogP contribution is -2.38. The maximum Gasteiger partial charge on any atom is 0.416 e.